The van der Waals surface area contributed by atoms with Gasteiger partial charge in [0.15, 0.2) is 0 Å². The summed E-state index contributed by atoms with van der Waals surface area (Å²) in [6.07, 6.45) is 7.22. The molecule has 1 saturated carbocycles. The fourth-order valence-corrected chi connectivity index (χ4v) is 4.16. The van der Waals surface area contributed by atoms with E-state index >= 15 is 0 Å². The number of rotatable bonds is 2. The summed E-state index contributed by atoms with van der Waals surface area (Å²) in [4.78, 5) is 28.6. The number of Topliss-reactive ketones (excluding diaryl/α,β-unsaturated/α-hetero) is 1. The molecule has 0 aromatic heterocycles. The minimum absolute atomic E-state index is 0.0484. The Labute approximate surface area is 115 Å². The quantitative estimate of drug-likeness (QED) is 0.758. The number of ketones is 1. The molecule has 19 heavy (non-hydrogen) atoms. The molecule has 3 atom stereocenters. The van der Waals surface area contributed by atoms with Crippen LogP contribution in [0.15, 0.2) is 0 Å². The molecule has 1 aliphatic carbocycles. The summed E-state index contributed by atoms with van der Waals surface area (Å²) in [6, 6.07) is 0.389. The Morgan fingerprint density at radius 2 is 1.84 bits per heavy atom. The van der Waals surface area contributed by atoms with E-state index in [2.05, 4.69) is 4.90 Å². The largest absolute Gasteiger partial charge is 0.344 e. The average molecular weight is 264 g/mol. The zero-order chi connectivity index (χ0) is 13.4. The molecular formula is C15H24N2O2. The monoisotopic (exact) mass is 264 g/mol. The maximum Gasteiger partial charge on any atom is 0.239 e. The van der Waals surface area contributed by atoms with Crippen molar-refractivity contribution in [2.45, 2.75) is 57.0 Å². The topological polar surface area (TPSA) is 40.6 Å². The van der Waals surface area contributed by atoms with Crippen LogP contribution in [-0.4, -0.2) is 53.7 Å². The van der Waals surface area contributed by atoms with Crippen LogP contribution in [0.5, 0.6) is 0 Å². The van der Waals surface area contributed by atoms with Gasteiger partial charge in [-0.05, 0) is 38.6 Å². The SMILES string of the molecule is CN1CCC(N2CCCC2C2CCCCC2=O)C1=O. The molecule has 0 spiro atoms. The van der Waals surface area contributed by atoms with Crippen molar-refractivity contribution in [1.82, 2.24) is 9.80 Å². The van der Waals surface area contributed by atoms with Gasteiger partial charge in [0.05, 0.1) is 6.04 Å². The third-order valence-electron chi connectivity index (χ3n) is 5.21. The van der Waals surface area contributed by atoms with Crippen LogP contribution >= 0.6 is 0 Å². The predicted molar refractivity (Wildman–Crippen MR) is 72.7 cm³/mol. The molecule has 0 aromatic carbocycles. The summed E-state index contributed by atoms with van der Waals surface area (Å²) in [6.45, 7) is 1.87. The van der Waals surface area contributed by atoms with Crippen molar-refractivity contribution in [2.75, 3.05) is 20.1 Å². The third kappa shape index (κ3) is 2.31. The first-order valence-corrected chi connectivity index (χ1v) is 7.72. The lowest BCUT2D eigenvalue weighted by molar-refractivity contribution is -0.134. The van der Waals surface area contributed by atoms with E-state index in [1.807, 2.05) is 11.9 Å². The normalized spacial score (nSPS) is 37.3. The van der Waals surface area contributed by atoms with E-state index in [1.165, 1.54) is 6.42 Å². The Morgan fingerprint density at radius 1 is 1.00 bits per heavy atom. The average Bonchev–Trinajstić information content (AvgIpc) is 2.99. The minimum Gasteiger partial charge on any atom is -0.344 e. The molecule has 3 fully saturated rings. The van der Waals surface area contributed by atoms with Gasteiger partial charge in [0, 0.05) is 32.0 Å². The van der Waals surface area contributed by atoms with E-state index in [-0.39, 0.29) is 17.9 Å². The molecule has 3 aliphatic rings. The lowest BCUT2D eigenvalue weighted by Crippen LogP contribution is -2.48. The summed E-state index contributed by atoms with van der Waals surface area (Å²) in [5.41, 5.74) is 0. The van der Waals surface area contributed by atoms with Gasteiger partial charge in [0.25, 0.3) is 0 Å². The predicted octanol–water partition coefficient (Wildman–Crippen LogP) is 1.44. The smallest absolute Gasteiger partial charge is 0.239 e. The van der Waals surface area contributed by atoms with Crippen LogP contribution in [0, 0.1) is 5.92 Å². The molecule has 2 heterocycles. The molecule has 0 radical (unpaired) electrons. The number of likely N-dealkylation sites (N-methyl/N-ethyl adjacent to an activating group) is 1. The van der Waals surface area contributed by atoms with Crippen LogP contribution in [0.1, 0.15) is 44.9 Å². The Kier molecular flexibility index (Phi) is 3.61. The molecule has 0 N–H and O–H groups in total. The van der Waals surface area contributed by atoms with Crippen molar-refractivity contribution in [1.29, 1.82) is 0 Å². The zero-order valence-corrected chi connectivity index (χ0v) is 11.8. The van der Waals surface area contributed by atoms with Crippen molar-refractivity contribution in [3.8, 4) is 0 Å². The molecule has 3 unspecified atom stereocenters. The van der Waals surface area contributed by atoms with Crippen LogP contribution in [0.3, 0.4) is 0 Å². The van der Waals surface area contributed by atoms with Crippen molar-refractivity contribution < 1.29 is 9.59 Å². The second-order valence-corrected chi connectivity index (χ2v) is 6.33. The first-order valence-electron chi connectivity index (χ1n) is 7.72. The molecule has 2 aliphatic heterocycles. The molecular weight excluding hydrogens is 240 g/mol. The molecule has 4 heteroatoms. The van der Waals surface area contributed by atoms with Gasteiger partial charge in [-0.3, -0.25) is 14.5 Å². The fourth-order valence-electron chi connectivity index (χ4n) is 4.16. The maximum absolute atomic E-state index is 12.2. The molecule has 2 saturated heterocycles. The molecule has 4 nitrogen and oxygen atoms in total. The van der Waals surface area contributed by atoms with Crippen LogP contribution in [0.2, 0.25) is 0 Å². The van der Waals surface area contributed by atoms with Crippen LogP contribution < -0.4 is 0 Å². The van der Waals surface area contributed by atoms with Crippen LogP contribution in [0.4, 0.5) is 0 Å². The van der Waals surface area contributed by atoms with Gasteiger partial charge in [-0.2, -0.15) is 0 Å². The first-order chi connectivity index (χ1) is 9.18. The fraction of sp³-hybridized carbons (Fsp3) is 0.867. The second kappa shape index (κ2) is 5.23. The Hall–Kier alpha value is -0.900. The van der Waals surface area contributed by atoms with Gasteiger partial charge in [-0.15, -0.1) is 0 Å². The lowest BCUT2D eigenvalue weighted by Gasteiger charge is -2.35. The zero-order valence-electron chi connectivity index (χ0n) is 11.8. The highest BCUT2D eigenvalue weighted by molar-refractivity contribution is 5.85. The van der Waals surface area contributed by atoms with Crippen molar-refractivity contribution in [3.05, 3.63) is 0 Å². The van der Waals surface area contributed by atoms with E-state index in [4.69, 9.17) is 0 Å². The molecule has 1 amide bonds. The summed E-state index contributed by atoms with van der Waals surface area (Å²) in [5, 5.41) is 0. The van der Waals surface area contributed by atoms with Crippen LogP contribution in [-0.2, 0) is 9.59 Å². The van der Waals surface area contributed by atoms with Gasteiger partial charge >= 0.3 is 0 Å². The minimum atomic E-state index is 0.0484. The standard InChI is InChI=1S/C15H24N2O2/c1-16-10-8-13(15(16)19)17-9-4-6-12(17)11-5-2-3-7-14(11)18/h11-13H,2-10H2,1H3. The highest BCUT2D eigenvalue weighted by atomic mass is 16.2. The number of carbonyl (C=O) groups is 2. The molecule has 0 aromatic rings. The van der Waals surface area contributed by atoms with Crippen molar-refractivity contribution in [2.24, 2.45) is 5.92 Å². The van der Waals surface area contributed by atoms with Gasteiger partial charge in [0.2, 0.25) is 5.91 Å². The maximum atomic E-state index is 12.2. The molecule has 3 rings (SSSR count). The summed E-state index contributed by atoms with van der Waals surface area (Å²) in [5.74, 6) is 0.909. The third-order valence-corrected chi connectivity index (χ3v) is 5.21. The number of carbonyl (C=O) groups excluding carboxylic acids is 2. The summed E-state index contributed by atoms with van der Waals surface area (Å²) >= 11 is 0. The number of hydrogen-bond donors (Lipinski definition) is 0. The highest BCUT2D eigenvalue weighted by Gasteiger charge is 2.43. The van der Waals surface area contributed by atoms with Crippen molar-refractivity contribution >= 4 is 11.7 Å². The number of hydrogen-bond acceptors (Lipinski definition) is 3. The van der Waals surface area contributed by atoms with E-state index in [1.54, 1.807) is 0 Å². The Bertz CT molecular complexity index is 372. The summed E-state index contributed by atoms with van der Waals surface area (Å²) < 4.78 is 0. The van der Waals surface area contributed by atoms with E-state index in [9.17, 15) is 9.59 Å². The number of likely N-dealkylation sites (tertiary alicyclic amines) is 2. The Balaban J connectivity index is 1.74. The van der Waals surface area contributed by atoms with Gasteiger partial charge in [-0.1, -0.05) is 6.42 Å². The van der Waals surface area contributed by atoms with Gasteiger partial charge in [-0.25, -0.2) is 0 Å². The van der Waals surface area contributed by atoms with E-state index < -0.39 is 0 Å². The lowest BCUT2D eigenvalue weighted by atomic mass is 9.81. The molecule has 106 valence electrons. The Morgan fingerprint density at radius 3 is 2.53 bits per heavy atom. The first kappa shape index (κ1) is 13.1. The molecule has 0 bridgehead atoms. The van der Waals surface area contributed by atoms with Gasteiger partial charge in [0.1, 0.15) is 5.78 Å². The van der Waals surface area contributed by atoms with Crippen LogP contribution in [0.25, 0.3) is 0 Å². The number of amides is 1. The highest BCUT2D eigenvalue weighted by Crippen LogP contribution is 2.35. The van der Waals surface area contributed by atoms with Gasteiger partial charge < -0.3 is 4.90 Å². The summed E-state index contributed by atoms with van der Waals surface area (Å²) in [7, 11) is 1.89. The van der Waals surface area contributed by atoms with E-state index in [0.29, 0.717) is 11.8 Å². The van der Waals surface area contributed by atoms with Crippen molar-refractivity contribution in [3.63, 3.8) is 0 Å². The second-order valence-electron chi connectivity index (χ2n) is 6.33. The number of nitrogens with zero attached hydrogens (tertiary/aromatic N) is 2. The van der Waals surface area contributed by atoms with E-state index in [0.717, 1.165) is 51.6 Å².